The molecule has 2 aromatic rings. The number of nitrogens with zero attached hydrogens (tertiary/aromatic N) is 1. The fraction of sp³-hybridized carbons (Fsp3) is 0.222. The van der Waals surface area contributed by atoms with Gasteiger partial charge in [-0.3, -0.25) is 4.79 Å². The Hall–Kier alpha value is -2.33. The summed E-state index contributed by atoms with van der Waals surface area (Å²) in [5, 5.41) is 7.82. The van der Waals surface area contributed by atoms with Crippen LogP contribution in [0.15, 0.2) is 47.6 Å². The Balaban J connectivity index is 1.89. The first-order valence-electron chi connectivity index (χ1n) is 7.36. The van der Waals surface area contributed by atoms with E-state index in [0.717, 1.165) is 17.0 Å². The van der Waals surface area contributed by atoms with Gasteiger partial charge in [0.2, 0.25) is 0 Å². The maximum Gasteiger partial charge on any atom is 0.259 e. The summed E-state index contributed by atoms with van der Waals surface area (Å²) < 4.78 is 0. The van der Waals surface area contributed by atoms with Crippen molar-refractivity contribution in [3.05, 3.63) is 64.2 Å². The van der Waals surface area contributed by atoms with Gasteiger partial charge in [-0.2, -0.15) is 5.10 Å². The number of hydrogen-bond acceptors (Lipinski definition) is 3. The summed E-state index contributed by atoms with van der Waals surface area (Å²) in [6.45, 7) is 6.14. The number of carbonyl (C=O) groups is 1. The SMILES string of the molecule is C/C(=N/NC(=O)CNc1ccc(Cl)cc1)c1ccc(C)c(C)c1. The number of rotatable bonds is 5. The van der Waals surface area contributed by atoms with E-state index in [-0.39, 0.29) is 12.5 Å². The van der Waals surface area contributed by atoms with Crippen LogP contribution in [0.1, 0.15) is 23.6 Å². The van der Waals surface area contributed by atoms with Crippen molar-refractivity contribution in [1.82, 2.24) is 5.43 Å². The van der Waals surface area contributed by atoms with Crippen molar-refractivity contribution in [1.29, 1.82) is 0 Å². The van der Waals surface area contributed by atoms with E-state index in [1.54, 1.807) is 12.1 Å². The molecule has 4 nitrogen and oxygen atoms in total. The van der Waals surface area contributed by atoms with Gasteiger partial charge in [-0.25, -0.2) is 5.43 Å². The molecule has 0 saturated carbocycles. The highest BCUT2D eigenvalue weighted by Crippen LogP contribution is 2.13. The second kappa shape index (κ2) is 7.79. The predicted molar refractivity (Wildman–Crippen MR) is 96.2 cm³/mol. The number of amides is 1. The number of carbonyl (C=O) groups excluding carboxylic acids is 1. The molecular weight excluding hydrogens is 310 g/mol. The number of aryl methyl sites for hydroxylation is 2. The van der Waals surface area contributed by atoms with E-state index in [2.05, 4.69) is 35.8 Å². The largest absolute Gasteiger partial charge is 0.376 e. The van der Waals surface area contributed by atoms with Crippen molar-refractivity contribution in [2.45, 2.75) is 20.8 Å². The van der Waals surface area contributed by atoms with Gasteiger partial charge in [0, 0.05) is 10.7 Å². The Morgan fingerprint density at radius 1 is 1.09 bits per heavy atom. The van der Waals surface area contributed by atoms with Crippen molar-refractivity contribution in [3.63, 3.8) is 0 Å². The van der Waals surface area contributed by atoms with Crippen LogP contribution in [-0.4, -0.2) is 18.2 Å². The van der Waals surface area contributed by atoms with Gasteiger partial charge in [0.15, 0.2) is 0 Å². The van der Waals surface area contributed by atoms with Crippen molar-refractivity contribution < 1.29 is 4.79 Å². The van der Waals surface area contributed by atoms with E-state index in [1.165, 1.54) is 11.1 Å². The van der Waals surface area contributed by atoms with Crippen LogP contribution in [0.5, 0.6) is 0 Å². The van der Waals surface area contributed by atoms with Crippen LogP contribution in [-0.2, 0) is 4.79 Å². The van der Waals surface area contributed by atoms with E-state index >= 15 is 0 Å². The van der Waals surface area contributed by atoms with Gasteiger partial charge in [0.1, 0.15) is 0 Å². The average Bonchev–Trinajstić information content (AvgIpc) is 2.54. The maximum atomic E-state index is 11.8. The predicted octanol–water partition coefficient (Wildman–Crippen LogP) is 3.91. The summed E-state index contributed by atoms with van der Waals surface area (Å²) in [4.78, 5) is 11.8. The van der Waals surface area contributed by atoms with Crippen molar-refractivity contribution in [2.75, 3.05) is 11.9 Å². The third kappa shape index (κ3) is 5.11. The smallest absolute Gasteiger partial charge is 0.259 e. The third-order valence-corrected chi connectivity index (χ3v) is 3.82. The summed E-state index contributed by atoms with van der Waals surface area (Å²) in [6.07, 6.45) is 0. The zero-order chi connectivity index (χ0) is 16.8. The molecule has 0 heterocycles. The normalized spacial score (nSPS) is 11.2. The van der Waals surface area contributed by atoms with E-state index in [9.17, 15) is 4.79 Å². The molecule has 1 amide bonds. The molecule has 120 valence electrons. The van der Waals surface area contributed by atoms with Crippen LogP contribution < -0.4 is 10.7 Å². The number of anilines is 1. The Kier molecular flexibility index (Phi) is 5.77. The minimum Gasteiger partial charge on any atom is -0.376 e. The first-order valence-corrected chi connectivity index (χ1v) is 7.73. The van der Waals surface area contributed by atoms with Gasteiger partial charge >= 0.3 is 0 Å². The van der Waals surface area contributed by atoms with E-state index in [4.69, 9.17) is 11.6 Å². The molecule has 0 aliphatic carbocycles. The summed E-state index contributed by atoms with van der Waals surface area (Å²) in [5.41, 5.74) is 7.60. The lowest BCUT2D eigenvalue weighted by molar-refractivity contribution is -0.119. The summed E-state index contributed by atoms with van der Waals surface area (Å²) in [7, 11) is 0. The van der Waals surface area contributed by atoms with Gasteiger partial charge in [0.25, 0.3) is 5.91 Å². The Labute approximate surface area is 141 Å². The van der Waals surface area contributed by atoms with Crippen LogP contribution in [0.2, 0.25) is 5.02 Å². The number of hydrogen-bond donors (Lipinski definition) is 2. The fourth-order valence-corrected chi connectivity index (χ4v) is 2.09. The molecule has 0 aliphatic heterocycles. The maximum absolute atomic E-state index is 11.8. The molecule has 2 rings (SSSR count). The zero-order valence-electron chi connectivity index (χ0n) is 13.5. The van der Waals surface area contributed by atoms with Gasteiger partial charge in [-0.05, 0) is 67.8 Å². The second-order valence-corrected chi connectivity index (χ2v) is 5.83. The van der Waals surface area contributed by atoms with Crippen LogP contribution in [0, 0.1) is 13.8 Å². The first-order chi connectivity index (χ1) is 11.0. The van der Waals surface area contributed by atoms with Crippen LogP contribution in [0.3, 0.4) is 0 Å². The molecule has 0 saturated heterocycles. The molecule has 2 N–H and O–H groups in total. The van der Waals surface area contributed by atoms with Crippen LogP contribution in [0.25, 0.3) is 0 Å². The molecule has 23 heavy (non-hydrogen) atoms. The summed E-state index contributed by atoms with van der Waals surface area (Å²) >= 11 is 5.81. The standard InChI is InChI=1S/C18H20ClN3O/c1-12-4-5-15(10-13(12)2)14(3)21-22-18(23)11-20-17-8-6-16(19)7-9-17/h4-10,20H,11H2,1-3H3,(H,22,23)/b21-14-. The van der Waals surface area contributed by atoms with Crippen molar-refractivity contribution in [2.24, 2.45) is 5.10 Å². The highest BCUT2D eigenvalue weighted by molar-refractivity contribution is 6.30. The van der Waals surface area contributed by atoms with Gasteiger partial charge in [0.05, 0.1) is 12.3 Å². The lowest BCUT2D eigenvalue weighted by Crippen LogP contribution is -2.26. The third-order valence-electron chi connectivity index (χ3n) is 3.57. The van der Waals surface area contributed by atoms with Crippen molar-refractivity contribution in [3.8, 4) is 0 Å². The molecule has 0 fully saturated rings. The number of benzene rings is 2. The topological polar surface area (TPSA) is 53.5 Å². The number of halogens is 1. The molecule has 0 atom stereocenters. The molecule has 2 aromatic carbocycles. The lowest BCUT2D eigenvalue weighted by Gasteiger charge is -2.07. The van der Waals surface area contributed by atoms with E-state index in [0.29, 0.717) is 5.02 Å². The second-order valence-electron chi connectivity index (χ2n) is 5.39. The van der Waals surface area contributed by atoms with E-state index in [1.807, 2.05) is 31.2 Å². The number of hydrazone groups is 1. The molecule has 0 bridgehead atoms. The van der Waals surface area contributed by atoms with Gasteiger partial charge in [-0.15, -0.1) is 0 Å². The minimum atomic E-state index is -0.205. The average molecular weight is 330 g/mol. The van der Waals surface area contributed by atoms with Gasteiger partial charge in [-0.1, -0.05) is 23.7 Å². The first kappa shape index (κ1) is 17.0. The van der Waals surface area contributed by atoms with Gasteiger partial charge < -0.3 is 5.32 Å². The molecule has 0 aromatic heterocycles. The quantitative estimate of drug-likeness (QED) is 0.645. The lowest BCUT2D eigenvalue weighted by atomic mass is 10.0. The molecule has 0 aliphatic rings. The highest BCUT2D eigenvalue weighted by Gasteiger charge is 2.03. The Bertz CT molecular complexity index is 724. The fourth-order valence-electron chi connectivity index (χ4n) is 1.97. The zero-order valence-corrected chi connectivity index (χ0v) is 14.2. The van der Waals surface area contributed by atoms with Crippen molar-refractivity contribution >= 4 is 28.9 Å². The Morgan fingerprint density at radius 2 is 1.78 bits per heavy atom. The molecule has 0 spiro atoms. The van der Waals surface area contributed by atoms with Crippen LogP contribution in [0.4, 0.5) is 5.69 Å². The molecule has 0 unspecified atom stereocenters. The number of nitrogens with one attached hydrogen (secondary N) is 2. The monoisotopic (exact) mass is 329 g/mol. The molecule has 0 radical (unpaired) electrons. The summed E-state index contributed by atoms with van der Waals surface area (Å²) in [5.74, 6) is -0.205. The molecular formula is C18H20ClN3O. The minimum absolute atomic E-state index is 0.144. The summed E-state index contributed by atoms with van der Waals surface area (Å²) in [6, 6.07) is 13.3. The van der Waals surface area contributed by atoms with E-state index < -0.39 is 0 Å². The molecule has 5 heteroatoms. The van der Waals surface area contributed by atoms with Crippen LogP contribution >= 0.6 is 11.6 Å². The highest BCUT2D eigenvalue weighted by atomic mass is 35.5. The Morgan fingerprint density at radius 3 is 2.43 bits per heavy atom.